The van der Waals surface area contributed by atoms with Gasteiger partial charge in [0.2, 0.25) is 0 Å². The second kappa shape index (κ2) is 7.74. The first-order valence-corrected chi connectivity index (χ1v) is 7.49. The van der Waals surface area contributed by atoms with Gasteiger partial charge in [0.25, 0.3) is 11.6 Å². The number of non-ortho nitro benzene ring substituents is 1. The van der Waals surface area contributed by atoms with E-state index in [1.807, 2.05) is 11.8 Å². The Morgan fingerprint density at radius 1 is 1.45 bits per heavy atom. The van der Waals surface area contributed by atoms with E-state index < -0.39 is 4.92 Å². The zero-order chi connectivity index (χ0) is 15.9. The Balaban J connectivity index is 1.90. The number of nitro groups is 1. The van der Waals surface area contributed by atoms with Crippen LogP contribution >= 0.6 is 0 Å². The molecule has 0 radical (unpaired) electrons. The lowest BCUT2D eigenvalue weighted by Gasteiger charge is -2.28. The van der Waals surface area contributed by atoms with Crippen molar-refractivity contribution in [3.05, 3.63) is 34.4 Å². The standard InChI is InChI=1S/C15H21N3O4/c1-2-9-17(13-7-8-16-10-13)15(19)11-22-14-5-3-12(4-6-14)18(20)21/h3-6,13,16H,2,7-11H2,1H3. The molecule has 1 aliphatic heterocycles. The van der Waals surface area contributed by atoms with Crippen molar-refractivity contribution >= 4 is 11.6 Å². The van der Waals surface area contributed by atoms with Crippen molar-refractivity contribution in [1.29, 1.82) is 0 Å². The van der Waals surface area contributed by atoms with Gasteiger partial charge in [-0.1, -0.05) is 6.92 Å². The molecule has 0 aromatic heterocycles. The Labute approximate surface area is 129 Å². The summed E-state index contributed by atoms with van der Waals surface area (Å²) in [5, 5.41) is 13.8. The summed E-state index contributed by atoms with van der Waals surface area (Å²) in [5.74, 6) is 0.411. The number of carbonyl (C=O) groups is 1. The van der Waals surface area contributed by atoms with Crippen LogP contribution in [0.2, 0.25) is 0 Å². The number of nitro benzene ring substituents is 1. The monoisotopic (exact) mass is 307 g/mol. The summed E-state index contributed by atoms with van der Waals surface area (Å²) in [4.78, 5) is 24.3. The number of hydrogen-bond donors (Lipinski definition) is 1. The summed E-state index contributed by atoms with van der Waals surface area (Å²) in [6.45, 7) is 4.47. The summed E-state index contributed by atoms with van der Waals surface area (Å²) < 4.78 is 5.46. The first-order valence-electron chi connectivity index (χ1n) is 7.49. The van der Waals surface area contributed by atoms with Crippen molar-refractivity contribution in [2.75, 3.05) is 26.2 Å². The fraction of sp³-hybridized carbons (Fsp3) is 0.533. The molecule has 1 saturated heterocycles. The van der Waals surface area contributed by atoms with E-state index in [0.717, 1.165) is 32.5 Å². The van der Waals surface area contributed by atoms with Crippen molar-refractivity contribution < 1.29 is 14.5 Å². The number of hydrogen-bond acceptors (Lipinski definition) is 5. The maximum Gasteiger partial charge on any atom is 0.269 e. The molecule has 0 aliphatic carbocycles. The molecule has 0 spiro atoms. The molecule has 1 aromatic carbocycles. The molecule has 1 aromatic rings. The predicted octanol–water partition coefficient (Wildman–Crippen LogP) is 1.57. The van der Waals surface area contributed by atoms with E-state index in [4.69, 9.17) is 4.74 Å². The molecular weight excluding hydrogens is 286 g/mol. The van der Waals surface area contributed by atoms with Gasteiger partial charge in [-0.3, -0.25) is 14.9 Å². The maximum atomic E-state index is 12.3. The Hall–Kier alpha value is -2.15. The molecule has 1 aliphatic rings. The highest BCUT2D eigenvalue weighted by Crippen LogP contribution is 2.17. The Bertz CT molecular complexity index is 512. The highest BCUT2D eigenvalue weighted by molar-refractivity contribution is 5.78. The second-order valence-electron chi connectivity index (χ2n) is 5.27. The Morgan fingerprint density at radius 2 is 2.18 bits per heavy atom. The lowest BCUT2D eigenvalue weighted by molar-refractivity contribution is -0.384. The Kier molecular flexibility index (Phi) is 5.71. The molecule has 0 saturated carbocycles. The molecule has 1 N–H and O–H groups in total. The van der Waals surface area contributed by atoms with Gasteiger partial charge in [0.05, 0.1) is 4.92 Å². The van der Waals surface area contributed by atoms with Gasteiger partial charge in [-0.25, -0.2) is 0 Å². The number of benzene rings is 1. The van der Waals surface area contributed by atoms with E-state index in [-0.39, 0.29) is 24.2 Å². The van der Waals surface area contributed by atoms with Gasteiger partial charge < -0.3 is 15.0 Å². The molecule has 2 rings (SSSR count). The lowest BCUT2D eigenvalue weighted by Crippen LogP contribution is -2.44. The highest BCUT2D eigenvalue weighted by atomic mass is 16.6. The normalized spacial score (nSPS) is 17.2. The molecule has 1 atom stereocenters. The summed E-state index contributed by atoms with van der Waals surface area (Å²) in [6.07, 6.45) is 1.86. The van der Waals surface area contributed by atoms with Gasteiger partial charge in [-0.05, 0) is 31.5 Å². The smallest absolute Gasteiger partial charge is 0.269 e. The molecule has 1 amide bonds. The first kappa shape index (κ1) is 16.2. The van der Waals surface area contributed by atoms with Crippen LogP contribution in [-0.4, -0.2) is 48.0 Å². The maximum absolute atomic E-state index is 12.3. The van der Waals surface area contributed by atoms with Crippen molar-refractivity contribution in [2.45, 2.75) is 25.8 Å². The molecule has 22 heavy (non-hydrogen) atoms. The van der Waals surface area contributed by atoms with Gasteiger partial charge >= 0.3 is 0 Å². The molecule has 1 heterocycles. The minimum atomic E-state index is -0.467. The minimum absolute atomic E-state index is 0.00307. The van der Waals surface area contributed by atoms with Crippen LogP contribution in [0.4, 0.5) is 5.69 Å². The molecule has 7 nitrogen and oxygen atoms in total. The lowest BCUT2D eigenvalue weighted by atomic mass is 10.2. The van der Waals surface area contributed by atoms with Gasteiger partial charge in [-0.15, -0.1) is 0 Å². The number of amides is 1. The van der Waals surface area contributed by atoms with Crippen LogP contribution in [0.3, 0.4) is 0 Å². The largest absolute Gasteiger partial charge is 0.484 e. The van der Waals surface area contributed by atoms with Gasteiger partial charge in [0.15, 0.2) is 6.61 Å². The molecule has 1 unspecified atom stereocenters. The number of rotatable bonds is 7. The zero-order valence-electron chi connectivity index (χ0n) is 12.7. The SMILES string of the molecule is CCCN(C(=O)COc1ccc([N+](=O)[O-])cc1)C1CCNC1. The van der Waals surface area contributed by atoms with Crippen LogP contribution in [0.1, 0.15) is 19.8 Å². The number of ether oxygens (including phenoxy) is 1. The van der Waals surface area contributed by atoms with E-state index in [1.54, 1.807) is 0 Å². The van der Waals surface area contributed by atoms with Crippen LogP contribution in [0, 0.1) is 10.1 Å². The van der Waals surface area contributed by atoms with Crippen LogP contribution in [0.15, 0.2) is 24.3 Å². The van der Waals surface area contributed by atoms with E-state index in [9.17, 15) is 14.9 Å². The fourth-order valence-electron chi connectivity index (χ4n) is 2.55. The van der Waals surface area contributed by atoms with E-state index in [2.05, 4.69) is 5.32 Å². The van der Waals surface area contributed by atoms with Gasteiger partial charge in [-0.2, -0.15) is 0 Å². The summed E-state index contributed by atoms with van der Waals surface area (Å²) in [5.41, 5.74) is 0.00307. The van der Waals surface area contributed by atoms with E-state index in [1.165, 1.54) is 24.3 Å². The Morgan fingerprint density at radius 3 is 2.73 bits per heavy atom. The molecule has 120 valence electrons. The van der Waals surface area contributed by atoms with Crippen LogP contribution in [0.5, 0.6) is 5.75 Å². The average molecular weight is 307 g/mol. The van der Waals surface area contributed by atoms with Crippen molar-refractivity contribution in [1.82, 2.24) is 10.2 Å². The van der Waals surface area contributed by atoms with E-state index >= 15 is 0 Å². The molecule has 0 bridgehead atoms. The van der Waals surface area contributed by atoms with Gasteiger partial charge in [0.1, 0.15) is 5.75 Å². The quantitative estimate of drug-likeness (QED) is 0.610. The van der Waals surface area contributed by atoms with E-state index in [0.29, 0.717) is 5.75 Å². The average Bonchev–Trinajstić information content (AvgIpc) is 3.04. The van der Waals surface area contributed by atoms with Crippen molar-refractivity contribution in [2.24, 2.45) is 0 Å². The van der Waals surface area contributed by atoms with Crippen LogP contribution in [0.25, 0.3) is 0 Å². The summed E-state index contributed by atoms with van der Waals surface area (Å²) in [6, 6.07) is 5.97. The summed E-state index contributed by atoms with van der Waals surface area (Å²) in [7, 11) is 0. The zero-order valence-corrected chi connectivity index (χ0v) is 12.7. The van der Waals surface area contributed by atoms with Crippen molar-refractivity contribution in [3.8, 4) is 5.75 Å². The number of carbonyl (C=O) groups excluding carboxylic acids is 1. The van der Waals surface area contributed by atoms with Gasteiger partial charge in [0, 0.05) is 31.3 Å². The van der Waals surface area contributed by atoms with Crippen LogP contribution in [-0.2, 0) is 4.79 Å². The third kappa shape index (κ3) is 4.17. The molecular formula is C15H21N3O4. The third-order valence-corrected chi connectivity index (χ3v) is 3.67. The minimum Gasteiger partial charge on any atom is -0.484 e. The fourth-order valence-corrected chi connectivity index (χ4v) is 2.55. The first-order chi connectivity index (χ1) is 10.6. The predicted molar refractivity (Wildman–Crippen MR) is 81.9 cm³/mol. The molecule has 1 fully saturated rings. The summed E-state index contributed by atoms with van der Waals surface area (Å²) >= 11 is 0. The number of nitrogens with zero attached hydrogens (tertiary/aromatic N) is 2. The highest BCUT2D eigenvalue weighted by Gasteiger charge is 2.25. The van der Waals surface area contributed by atoms with Crippen molar-refractivity contribution in [3.63, 3.8) is 0 Å². The topological polar surface area (TPSA) is 84.7 Å². The second-order valence-corrected chi connectivity index (χ2v) is 5.27. The van der Waals surface area contributed by atoms with Crippen LogP contribution < -0.4 is 10.1 Å². The molecule has 7 heteroatoms. The number of nitrogens with one attached hydrogen (secondary N) is 1. The third-order valence-electron chi connectivity index (χ3n) is 3.67.